The topological polar surface area (TPSA) is 75.3 Å². The van der Waals surface area contributed by atoms with Gasteiger partial charge in [-0.3, -0.25) is 9.52 Å². The molecule has 144 valence electrons. The van der Waals surface area contributed by atoms with Crippen molar-refractivity contribution in [2.45, 2.75) is 29.5 Å². The third-order valence-electron chi connectivity index (χ3n) is 4.61. The lowest BCUT2D eigenvalue weighted by molar-refractivity contribution is -0.120. The number of halogens is 3. The van der Waals surface area contributed by atoms with Crippen molar-refractivity contribution in [3.8, 4) is 0 Å². The number of anilines is 2. The van der Waals surface area contributed by atoms with E-state index in [0.29, 0.717) is 17.7 Å². The van der Waals surface area contributed by atoms with Gasteiger partial charge in [0.25, 0.3) is 10.0 Å². The number of nitrogens with one attached hydrogen (secondary N) is 2. The first-order valence-electron chi connectivity index (χ1n) is 8.04. The van der Waals surface area contributed by atoms with Crippen molar-refractivity contribution >= 4 is 62.1 Å². The zero-order chi connectivity index (χ0) is 20.0. The number of para-hydroxylation sites is 1. The molecule has 2 aromatic carbocycles. The standard InChI is InChI=1S/C18H17Cl3N2O3S/c1-11-7-8-12(22-16(24)17(2)10-18(17,20)21)9-15(11)27(25,26)23-14-6-4-3-5-13(14)19/h3-9,23H,10H2,1-2H3,(H,22,24). The van der Waals surface area contributed by atoms with Crippen LogP contribution in [0.5, 0.6) is 0 Å². The van der Waals surface area contributed by atoms with Crippen LogP contribution in [0.15, 0.2) is 47.4 Å². The molecule has 0 saturated heterocycles. The number of carbonyl (C=O) groups excluding carboxylic acids is 1. The van der Waals surface area contributed by atoms with Gasteiger partial charge in [0, 0.05) is 5.69 Å². The van der Waals surface area contributed by atoms with Gasteiger partial charge in [0.05, 0.1) is 21.0 Å². The Bertz CT molecular complexity index is 1020. The van der Waals surface area contributed by atoms with Crippen LogP contribution in [0.1, 0.15) is 18.9 Å². The summed E-state index contributed by atoms with van der Waals surface area (Å²) >= 11 is 18.1. The molecule has 1 aliphatic rings. The predicted octanol–water partition coefficient (Wildman–Crippen LogP) is 4.97. The Morgan fingerprint density at radius 3 is 2.37 bits per heavy atom. The first-order chi connectivity index (χ1) is 12.5. The molecule has 0 heterocycles. The molecule has 2 N–H and O–H groups in total. The molecule has 0 spiro atoms. The Labute approximate surface area is 173 Å². The molecule has 1 atom stereocenters. The van der Waals surface area contributed by atoms with E-state index in [2.05, 4.69) is 10.0 Å². The number of hydrogen-bond acceptors (Lipinski definition) is 3. The number of rotatable bonds is 5. The summed E-state index contributed by atoms with van der Waals surface area (Å²) in [6.45, 7) is 3.32. The molecule has 0 radical (unpaired) electrons. The zero-order valence-electron chi connectivity index (χ0n) is 14.5. The smallest absolute Gasteiger partial charge is 0.262 e. The predicted molar refractivity (Wildman–Crippen MR) is 109 cm³/mol. The second kappa shape index (κ2) is 6.85. The second-order valence-corrected chi connectivity index (χ2v) is 10.3. The summed E-state index contributed by atoms with van der Waals surface area (Å²) in [7, 11) is -3.91. The van der Waals surface area contributed by atoms with Crippen molar-refractivity contribution in [3.05, 3.63) is 53.1 Å². The van der Waals surface area contributed by atoms with Crippen LogP contribution in [0.3, 0.4) is 0 Å². The molecule has 1 fully saturated rings. The maximum absolute atomic E-state index is 12.8. The molecule has 1 unspecified atom stereocenters. The monoisotopic (exact) mass is 446 g/mol. The van der Waals surface area contributed by atoms with Gasteiger partial charge in [0.15, 0.2) is 0 Å². The lowest BCUT2D eigenvalue weighted by atomic mass is 10.1. The van der Waals surface area contributed by atoms with E-state index in [0.717, 1.165) is 0 Å². The van der Waals surface area contributed by atoms with E-state index in [9.17, 15) is 13.2 Å². The van der Waals surface area contributed by atoms with Gasteiger partial charge >= 0.3 is 0 Å². The number of carbonyl (C=O) groups is 1. The summed E-state index contributed by atoms with van der Waals surface area (Å²) in [6.07, 6.45) is 0.333. The minimum absolute atomic E-state index is 0.0316. The fraction of sp³-hybridized carbons (Fsp3) is 0.278. The van der Waals surface area contributed by atoms with Crippen molar-refractivity contribution in [2.75, 3.05) is 10.0 Å². The minimum Gasteiger partial charge on any atom is -0.325 e. The van der Waals surface area contributed by atoms with Gasteiger partial charge in [0.2, 0.25) is 5.91 Å². The molecule has 27 heavy (non-hydrogen) atoms. The highest BCUT2D eigenvalue weighted by Crippen LogP contribution is 2.64. The highest BCUT2D eigenvalue weighted by atomic mass is 35.5. The second-order valence-electron chi connectivity index (χ2n) is 6.73. The summed E-state index contributed by atoms with van der Waals surface area (Å²) in [4.78, 5) is 12.5. The number of hydrogen-bond donors (Lipinski definition) is 2. The van der Waals surface area contributed by atoms with Gasteiger partial charge in [-0.25, -0.2) is 8.42 Å². The van der Waals surface area contributed by atoms with Crippen molar-refractivity contribution in [1.82, 2.24) is 0 Å². The van der Waals surface area contributed by atoms with Gasteiger partial charge in [-0.2, -0.15) is 0 Å². The highest BCUT2D eigenvalue weighted by Gasteiger charge is 2.67. The van der Waals surface area contributed by atoms with E-state index in [-0.39, 0.29) is 21.5 Å². The molecule has 1 saturated carbocycles. The van der Waals surface area contributed by atoms with Gasteiger partial charge in [0.1, 0.15) is 4.33 Å². The normalized spacial score (nSPS) is 20.8. The van der Waals surface area contributed by atoms with Crippen LogP contribution < -0.4 is 10.0 Å². The lowest BCUT2D eigenvalue weighted by Gasteiger charge is -2.15. The minimum atomic E-state index is -3.91. The Kier molecular flexibility index (Phi) is 5.14. The van der Waals surface area contributed by atoms with E-state index in [1.807, 2.05) is 0 Å². The van der Waals surface area contributed by atoms with Crippen LogP contribution in [0, 0.1) is 12.3 Å². The molecule has 0 aromatic heterocycles. The third kappa shape index (κ3) is 3.90. The molecule has 0 bridgehead atoms. The van der Waals surface area contributed by atoms with E-state index in [4.69, 9.17) is 34.8 Å². The molecule has 1 aliphatic carbocycles. The number of alkyl halides is 2. The molecular formula is C18H17Cl3N2O3S. The Balaban J connectivity index is 1.87. The van der Waals surface area contributed by atoms with Gasteiger partial charge in [-0.15, -0.1) is 23.2 Å². The van der Waals surface area contributed by atoms with E-state index < -0.39 is 19.8 Å². The summed E-state index contributed by atoms with van der Waals surface area (Å²) < 4.78 is 27.0. The fourth-order valence-corrected chi connectivity index (χ4v) is 4.92. The van der Waals surface area contributed by atoms with E-state index in [1.165, 1.54) is 6.07 Å². The number of aryl methyl sites for hydroxylation is 1. The maximum atomic E-state index is 12.8. The van der Waals surface area contributed by atoms with Crippen LogP contribution >= 0.6 is 34.8 Å². The van der Waals surface area contributed by atoms with Crippen molar-refractivity contribution in [1.29, 1.82) is 0 Å². The molecule has 1 amide bonds. The van der Waals surface area contributed by atoms with Gasteiger partial charge in [-0.05, 0) is 50.1 Å². The molecule has 3 rings (SSSR count). The van der Waals surface area contributed by atoms with Gasteiger partial charge in [-0.1, -0.05) is 29.8 Å². The summed E-state index contributed by atoms with van der Waals surface area (Å²) in [6, 6.07) is 11.2. The van der Waals surface area contributed by atoms with E-state index >= 15 is 0 Å². The first kappa shape index (κ1) is 20.3. The quantitative estimate of drug-likeness (QED) is 0.635. The summed E-state index contributed by atoms with van der Waals surface area (Å²) in [5.74, 6) is -0.362. The first-order valence-corrected chi connectivity index (χ1v) is 10.7. The largest absolute Gasteiger partial charge is 0.325 e. The maximum Gasteiger partial charge on any atom is 0.262 e. The summed E-state index contributed by atoms with van der Waals surface area (Å²) in [5, 5.41) is 2.97. The highest BCUT2D eigenvalue weighted by molar-refractivity contribution is 7.92. The van der Waals surface area contributed by atoms with E-state index in [1.54, 1.807) is 50.2 Å². The van der Waals surface area contributed by atoms with Crippen molar-refractivity contribution in [3.63, 3.8) is 0 Å². The van der Waals surface area contributed by atoms with Crippen LogP contribution in [0.2, 0.25) is 5.02 Å². The zero-order valence-corrected chi connectivity index (χ0v) is 17.6. The number of sulfonamides is 1. The van der Waals surface area contributed by atoms with Crippen LogP contribution in [0.4, 0.5) is 11.4 Å². The van der Waals surface area contributed by atoms with Crippen LogP contribution in [-0.4, -0.2) is 18.7 Å². The molecule has 0 aliphatic heterocycles. The number of amides is 1. The Hall–Kier alpha value is -1.47. The third-order valence-corrected chi connectivity index (χ3v) is 7.55. The number of benzene rings is 2. The molecule has 9 heteroatoms. The molecular weight excluding hydrogens is 431 g/mol. The van der Waals surface area contributed by atoms with Crippen LogP contribution in [0.25, 0.3) is 0 Å². The molecule has 2 aromatic rings. The summed E-state index contributed by atoms with van der Waals surface area (Å²) in [5.41, 5.74) is 0.222. The Morgan fingerprint density at radius 2 is 1.78 bits per heavy atom. The Morgan fingerprint density at radius 1 is 1.15 bits per heavy atom. The lowest BCUT2D eigenvalue weighted by Crippen LogP contribution is -2.26. The van der Waals surface area contributed by atoms with Crippen molar-refractivity contribution in [2.24, 2.45) is 5.41 Å². The average molecular weight is 448 g/mol. The SMILES string of the molecule is Cc1ccc(NC(=O)C2(C)CC2(Cl)Cl)cc1S(=O)(=O)Nc1ccccc1Cl. The van der Waals surface area contributed by atoms with Crippen LogP contribution in [-0.2, 0) is 14.8 Å². The molecule has 5 nitrogen and oxygen atoms in total. The van der Waals surface area contributed by atoms with Crippen molar-refractivity contribution < 1.29 is 13.2 Å². The van der Waals surface area contributed by atoms with Gasteiger partial charge < -0.3 is 5.32 Å². The fourth-order valence-electron chi connectivity index (χ4n) is 2.63. The average Bonchev–Trinajstić information content (AvgIpc) is 3.11.